The zero-order valence-corrected chi connectivity index (χ0v) is 17.6. The van der Waals surface area contributed by atoms with Crippen LogP contribution < -0.4 is 16.2 Å². The molecule has 0 spiro atoms. The number of alkyl halides is 2. The number of aromatic nitrogens is 4. The van der Waals surface area contributed by atoms with Gasteiger partial charge in [-0.25, -0.2) is 9.98 Å². The topological polar surface area (TPSA) is 126 Å². The SMILES string of the molecule is CNc1cc(Nc2cccn([C@H]3CC[C@H]3O)c2=O)nc2c(C(=O)N=C3CCC3(F)F)cnn12. The number of amides is 1. The number of nitrogens with one attached hydrogen (secondary N) is 2. The Kier molecular flexibility index (Phi) is 4.96. The minimum atomic E-state index is -3.06. The molecule has 2 atom stereocenters. The number of carbonyl (C=O) groups excluding carboxylic acids is 1. The van der Waals surface area contributed by atoms with Crippen molar-refractivity contribution in [2.75, 3.05) is 17.7 Å². The standard InChI is InChI=1S/C21H21F2N7O3/c1-24-17-9-16(26-12-3-2-8-29(20(12)33)13-4-5-14(13)31)28-18-11(10-25-30(17)18)19(32)27-15-6-7-21(15,22)23/h2-3,8-10,13-14,24,31H,4-7H2,1H3,(H,26,28)/t13-,14+/m0/s1. The van der Waals surface area contributed by atoms with E-state index in [-0.39, 0.29) is 47.2 Å². The van der Waals surface area contributed by atoms with E-state index in [4.69, 9.17) is 0 Å². The molecule has 1 amide bonds. The molecule has 0 unspecified atom stereocenters. The van der Waals surface area contributed by atoms with E-state index in [2.05, 4.69) is 25.7 Å². The van der Waals surface area contributed by atoms with Crippen LogP contribution in [0.1, 0.15) is 42.1 Å². The maximum absolute atomic E-state index is 13.5. The van der Waals surface area contributed by atoms with Crippen molar-refractivity contribution < 1.29 is 18.7 Å². The summed E-state index contributed by atoms with van der Waals surface area (Å²) in [4.78, 5) is 33.5. The lowest BCUT2D eigenvalue weighted by Gasteiger charge is -2.34. The molecule has 10 nitrogen and oxygen atoms in total. The first-order valence-corrected chi connectivity index (χ1v) is 10.5. The Balaban J connectivity index is 1.51. The van der Waals surface area contributed by atoms with Crippen LogP contribution in [0.5, 0.6) is 0 Å². The van der Waals surface area contributed by atoms with Gasteiger partial charge in [-0.1, -0.05) is 0 Å². The lowest BCUT2D eigenvalue weighted by Crippen LogP contribution is -2.39. The number of nitrogens with zero attached hydrogens (tertiary/aromatic N) is 5. The van der Waals surface area contributed by atoms with Crippen LogP contribution in [0.25, 0.3) is 5.65 Å². The van der Waals surface area contributed by atoms with Gasteiger partial charge in [-0.15, -0.1) is 0 Å². The second-order valence-corrected chi connectivity index (χ2v) is 8.11. The van der Waals surface area contributed by atoms with Crippen LogP contribution in [0, 0.1) is 0 Å². The van der Waals surface area contributed by atoms with Crippen LogP contribution in [0.2, 0.25) is 0 Å². The van der Waals surface area contributed by atoms with E-state index < -0.39 is 23.6 Å². The summed E-state index contributed by atoms with van der Waals surface area (Å²) in [5.41, 5.74) is -0.465. The van der Waals surface area contributed by atoms with E-state index in [0.29, 0.717) is 18.7 Å². The molecule has 0 bridgehead atoms. The summed E-state index contributed by atoms with van der Waals surface area (Å²) in [5.74, 6) is -3.22. The number of hydrogen-bond acceptors (Lipinski definition) is 7. The number of aliphatic hydroxyl groups excluding tert-OH is 1. The lowest BCUT2D eigenvalue weighted by atomic mass is 9.89. The number of fused-ring (bicyclic) bond motifs is 1. The van der Waals surface area contributed by atoms with Crippen LogP contribution in [0.3, 0.4) is 0 Å². The predicted octanol–water partition coefficient (Wildman–Crippen LogP) is 2.38. The average molecular weight is 457 g/mol. The third-order valence-electron chi connectivity index (χ3n) is 6.09. The van der Waals surface area contributed by atoms with Crippen molar-refractivity contribution in [3.05, 3.63) is 46.5 Å². The second-order valence-electron chi connectivity index (χ2n) is 8.11. The zero-order valence-electron chi connectivity index (χ0n) is 17.6. The zero-order chi connectivity index (χ0) is 23.3. The summed E-state index contributed by atoms with van der Waals surface area (Å²) in [7, 11) is 1.64. The second kappa shape index (κ2) is 7.73. The predicted molar refractivity (Wildman–Crippen MR) is 117 cm³/mol. The molecule has 2 aliphatic rings. The normalized spacial score (nSPS) is 22.6. The van der Waals surface area contributed by atoms with Gasteiger partial charge in [0.2, 0.25) is 0 Å². The molecule has 0 aromatic carbocycles. The summed E-state index contributed by atoms with van der Waals surface area (Å²) >= 11 is 0. The van der Waals surface area contributed by atoms with E-state index in [1.165, 1.54) is 15.3 Å². The number of anilines is 3. The van der Waals surface area contributed by atoms with Gasteiger partial charge in [-0.05, 0) is 31.4 Å². The van der Waals surface area contributed by atoms with Gasteiger partial charge in [0.15, 0.2) is 5.65 Å². The van der Waals surface area contributed by atoms with Gasteiger partial charge >= 0.3 is 0 Å². The van der Waals surface area contributed by atoms with E-state index >= 15 is 0 Å². The fourth-order valence-corrected chi connectivity index (χ4v) is 3.90. The Morgan fingerprint density at radius 2 is 2.18 bits per heavy atom. The first-order chi connectivity index (χ1) is 15.8. The molecule has 0 aliphatic heterocycles. The Morgan fingerprint density at radius 3 is 2.79 bits per heavy atom. The maximum atomic E-state index is 13.5. The first-order valence-electron chi connectivity index (χ1n) is 10.5. The highest BCUT2D eigenvalue weighted by atomic mass is 19.3. The number of pyridine rings is 1. The van der Waals surface area contributed by atoms with Gasteiger partial charge in [0.05, 0.1) is 24.1 Å². The molecule has 3 aromatic rings. The minimum absolute atomic E-state index is 0.0339. The summed E-state index contributed by atoms with van der Waals surface area (Å²) in [6.45, 7) is 0. The first kappa shape index (κ1) is 21.2. The minimum Gasteiger partial charge on any atom is -0.391 e. The third kappa shape index (κ3) is 3.55. The molecule has 2 aliphatic carbocycles. The largest absolute Gasteiger partial charge is 0.391 e. The van der Waals surface area contributed by atoms with Crippen molar-refractivity contribution in [1.29, 1.82) is 0 Å². The van der Waals surface area contributed by atoms with E-state index in [1.807, 2.05) is 0 Å². The molecule has 2 fully saturated rings. The smallest absolute Gasteiger partial charge is 0.286 e. The van der Waals surface area contributed by atoms with Crippen molar-refractivity contribution >= 4 is 34.6 Å². The molecule has 12 heteroatoms. The molecule has 3 N–H and O–H groups in total. The fraction of sp³-hybridized carbons (Fsp3) is 0.381. The van der Waals surface area contributed by atoms with Crippen molar-refractivity contribution in [2.45, 2.75) is 43.8 Å². The summed E-state index contributed by atoms with van der Waals surface area (Å²) < 4.78 is 29.9. The molecule has 172 valence electrons. The van der Waals surface area contributed by atoms with E-state index in [9.17, 15) is 23.5 Å². The quantitative estimate of drug-likeness (QED) is 0.537. The monoisotopic (exact) mass is 457 g/mol. The summed E-state index contributed by atoms with van der Waals surface area (Å²) in [5, 5.41) is 19.9. The van der Waals surface area contributed by atoms with E-state index in [1.54, 1.807) is 31.4 Å². The van der Waals surface area contributed by atoms with Gasteiger partial charge in [0.1, 0.15) is 22.9 Å². The Hall–Kier alpha value is -3.67. The van der Waals surface area contributed by atoms with Gasteiger partial charge in [0, 0.05) is 25.7 Å². The van der Waals surface area contributed by atoms with Crippen LogP contribution in [-0.2, 0) is 0 Å². The number of rotatable bonds is 5. The van der Waals surface area contributed by atoms with Crippen molar-refractivity contribution in [2.24, 2.45) is 4.99 Å². The lowest BCUT2D eigenvalue weighted by molar-refractivity contribution is 0.0300. The van der Waals surface area contributed by atoms with Crippen LogP contribution in [-0.4, -0.2) is 55.0 Å². The highest BCUT2D eigenvalue weighted by molar-refractivity contribution is 6.10. The molecular formula is C21H21F2N7O3. The Bertz CT molecular complexity index is 1350. The van der Waals surface area contributed by atoms with Crippen molar-refractivity contribution in [3.8, 4) is 0 Å². The Labute approximate surface area is 186 Å². The van der Waals surface area contributed by atoms with Crippen LogP contribution >= 0.6 is 0 Å². The maximum Gasteiger partial charge on any atom is 0.286 e. The molecular weight excluding hydrogens is 436 g/mol. The molecule has 0 radical (unpaired) electrons. The van der Waals surface area contributed by atoms with Crippen molar-refractivity contribution in [3.63, 3.8) is 0 Å². The third-order valence-corrected chi connectivity index (χ3v) is 6.09. The number of aliphatic imine (C=N–C) groups is 1. The van der Waals surface area contributed by atoms with Gasteiger partial charge in [0.25, 0.3) is 17.4 Å². The van der Waals surface area contributed by atoms with Gasteiger partial charge in [-0.3, -0.25) is 9.59 Å². The highest BCUT2D eigenvalue weighted by Crippen LogP contribution is 2.35. The highest BCUT2D eigenvalue weighted by Gasteiger charge is 2.45. The van der Waals surface area contributed by atoms with Gasteiger partial charge < -0.3 is 20.3 Å². The summed E-state index contributed by atoms with van der Waals surface area (Å²) in [6.07, 6.45) is 3.39. The molecule has 3 aromatic heterocycles. The van der Waals surface area contributed by atoms with Crippen LogP contribution in [0.15, 0.2) is 40.4 Å². The fourth-order valence-electron chi connectivity index (χ4n) is 3.90. The number of aliphatic hydroxyl groups is 1. The van der Waals surface area contributed by atoms with Crippen molar-refractivity contribution in [1.82, 2.24) is 19.2 Å². The molecule has 5 rings (SSSR count). The number of hydrogen-bond donors (Lipinski definition) is 3. The Morgan fingerprint density at radius 1 is 1.36 bits per heavy atom. The van der Waals surface area contributed by atoms with E-state index in [0.717, 1.165) is 0 Å². The molecule has 3 heterocycles. The summed E-state index contributed by atoms with van der Waals surface area (Å²) in [6, 6.07) is 4.59. The molecule has 2 saturated carbocycles. The average Bonchev–Trinajstić information content (AvgIpc) is 3.21. The number of halogens is 2. The molecule has 33 heavy (non-hydrogen) atoms. The van der Waals surface area contributed by atoms with Crippen LogP contribution in [0.4, 0.5) is 26.1 Å². The number of carbonyl (C=O) groups is 1. The molecule has 0 saturated heterocycles. The van der Waals surface area contributed by atoms with Gasteiger partial charge in [-0.2, -0.15) is 18.4 Å².